The van der Waals surface area contributed by atoms with E-state index >= 15 is 0 Å². The number of amides is 3. The summed E-state index contributed by atoms with van der Waals surface area (Å²) in [6, 6.07) is 0. The van der Waals surface area contributed by atoms with Crippen LogP contribution in [-0.4, -0.2) is 71.7 Å². The molecule has 0 aromatic heterocycles. The molecule has 1 fully saturated rings. The van der Waals surface area contributed by atoms with Gasteiger partial charge in [0.1, 0.15) is 0 Å². The topological polar surface area (TPSA) is 60.9 Å². The second-order valence-corrected chi connectivity index (χ2v) is 6.67. The van der Waals surface area contributed by atoms with E-state index in [9.17, 15) is 14.4 Å². The van der Waals surface area contributed by atoms with Crippen LogP contribution in [0.1, 0.15) is 33.1 Å². The summed E-state index contributed by atoms with van der Waals surface area (Å²) < 4.78 is 0. The van der Waals surface area contributed by atoms with Crippen molar-refractivity contribution in [3.8, 4) is 0 Å². The molecule has 0 aromatic rings. The molecule has 0 N–H and O–H groups in total. The Bertz CT molecular complexity index is 461. The van der Waals surface area contributed by atoms with Gasteiger partial charge in [0.25, 0.3) is 11.8 Å². The van der Waals surface area contributed by atoms with E-state index in [2.05, 4.69) is 18.7 Å². The molecular weight excluding hydrogens is 294 g/mol. The van der Waals surface area contributed by atoms with Crippen LogP contribution in [0.4, 0.5) is 0 Å². The Balaban J connectivity index is 1.65. The Labute approximate surface area is 138 Å². The summed E-state index contributed by atoms with van der Waals surface area (Å²) in [5, 5.41) is 0. The summed E-state index contributed by atoms with van der Waals surface area (Å²) in [6.45, 7) is 9.05. The minimum absolute atomic E-state index is 0.0272. The van der Waals surface area contributed by atoms with E-state index in [-0.39, 0.29) is 30.7 Å². The third kappa shape index (κ3) is 5.16. The van der Waals surface area contributed by atoms with E-state index in [0.29, 0.717) is 0 Å². The van der Waals surface area contributed by atoms with Crippen LogP contribution >= 0.6 is 0 Å². The van der Waals surface area contributed by atoms with Gasteiger partial charge in [0.05, 0.1) is 0 Å². The maximum Gasteiger partial charge on any atom is 0.253 e. The van der Waals surface area contributed by atoms with Crippen LogP contribution in [0.25, 0.3) is 0 Å². The van der Waals surface area contributed by atoms with Crippen molar-refractivity contribution in [1.29, 1.82) is 0 Å². The van der Waals surface area contributed by atoms with Crippen molar-refractivity contribution in [1.82, 2.24) is 14.7 Å². The molecule has 0 bridgehead atoms. The maximum atomic E-state index is 12.2. The standard InChI is InChI=1S/C17H27N3O3/c1-14(2)4-3-8-18-10-12-19(13-11-18)15(21)7-9-20-16(22)5-6-17(20)23/h5-6,14H,3-4,7-13H2,1-2H3. The summed E-state index contributed by atoms with van der Waals surface area (Å²) in [4.78, 5) is 40.5. The van der Waals surface area contributed by atoms with Gasteiger partial charge in [0.2, 0.25) is 5.91 Å². The smallest absolute Gasteiger partial charge is 0.253 e. The first-order chi connectivity index (χ1) is 11.0. The lowest BCUT2D eigenvalue weighted by atomic mass is 10.1. The number of rotatable bonds is 7. The Kier molecular flexibility index (Phi) is 6.33. The molecular formula is C17H27N3O3. The molecule has 0 atom stereocenters. The average Bonchev–Trinajstić information content (AvgIpc) is 2.84. The summed E-state index contributed by atoms with van der Waals surface area (Å²) >= 11 is 0. The molecule has 6 nitrogen and oxygen atoms in total. The number of nitrogens with zero attached hydrogens (tertiary/aromatic N) is 3. The maximum absolute atomic E-state index is 12.2. The highest BCUT2D eigenvalue weighted by Crippen LogP contribution is 2.10. The van der Waals surface area contributed by atoms with Crippen molar-refractivity contribution in [3.05, 3.63) is 12.2 Å². The van der Waals surface area contributed by atoms with E-state index in [0.717, 1.165) is 43.5 Å². The van der Waals surface area contributed by atoms with Crippen LogP contribution in [0.5, 0.6) is 0 Å². The molecule has 3 amide bonds. The van der Waals surface area contributed by atoms with Crippen LogP contribution in [0, 0.1) is 5.92 Å². The fourth-order valence-electron chi connectivity index (χ4n) is 2.96. The van der Waals surface area contributed by atoms with E-state index in [1.165, 1.54) is 25.0 Å². The Hall–Kier alpha value is -1.69. The SMILES string of the molecule is CC(C)CCCN1CCN(C(=O)CCN2C(=O)C=CC2=O)CC1. The van der Waals surface area contributed by atoms with Crippen molar-refractivity contribution >= 4 is 17.7 Å². The molecule has 0 radical (unpaired) electrons. The number of hydrogen-bond donors (Lipinski definition) is 0. The molecule has 0 spiro atoms. The average molecular weight is 321 g/mol. The van der Waals surface area contributed by atoms with Gasteiger partial charge >= 0.3 is 0 Å². The molecule has 2 aliphatic heterocycles. The number of imide groups is 1. The van der Waals surface area contributed by atoms with Gasteiger partial charge in [0, 0.05) is 51.3 Å². The minimum Gasteiger partial charge on any atom is -0.340 e. The molecule has 1 saturated heterocycles. The molecule has 23 heavy (non-hydrogen) atoms. The number of hydrogen-bond acceptors (Lipinski definition) is 4. The fourth-order valence-corrected chi connectivity index (χ4v) is 2.96. The quantitative estimate of drug-likeness (QED) is 0.653. The summed E-state index contributed by atoms with van der Waals surface area (Å²) in [5.41, 5.74) is 0. The predicted octanol–water partition coefficient (Wildman–Crippen LogP) is 0.882. The van der Waals surface area contributed by atoms with Crippen LogP contribution in [-0.2, 0) is 14.4 Å². The van der Waals surface area contributed by atoms with Gasteiger partial charge in [-0.2, -0.15) is 0 Å². The lowest BCUT2D eigenvalue weighted by molar-refractivity contribution is -0.138. The molecule has 0 aliphatic carbocycles. The highest BCUT2D eigenvalue weighted by molar-refractivity contribution is 6.13. The van der Waals surface area contributed by atoms with Crippen molar-refractivity contribution in [3.63, 3.8) is 0 Å². The first kappa shape index (κ1) is 17.7. The molecule has 6 heteroatoms. The van der Waals surface area contributed by atoms with Crippen molar-refractivity contribution in [2.75, 3.05) is 39.3 Å². The second-order valence-electron chi connectivity index (χ2n) is 6.67. The lowest BCUT2D eigenvalue weighted by Gasteiger charge is -2.35. The van der Waals surface area contributed by atoms with Crippen molar-refractivity contribution < 1.29 is 14.4 Å². The van der Waals surface area contributed by atoms with Gasteiger partial charge in [-0.15, -0.1) is 0 Å². The minimum atomic E-state index is -0.322. The zero-order valence-corrected chi connectivity index (χ0v) is 14.2. The van der Waals surface area contributed by atoms with Gasteiger partial charge in [-0.05, 0) is 25.3 Å². The van der Waals surface area contributed by atoms with Gasteiger partial charge in [-0.1, -0.05) is 13.8 Å². The number of carbonyl (C=O) groups is 3. The Morgan fingerprint density at radius 2 is 1.65 bits per heavy atom. The largest absolute Gasteiger partial charge is 0.340 e. The molecule has 0 aromatic carbocycles. The third-order valence-corrected chi connectivity index (χ3v) is 4.43. The molecule has 2 aliphatic rings. The lowest BCUT2D eigenvalue weighted by Crippen LogP contribution is -2.49. The zero-order chi connectivity index (χ0) is 16.8. The predicted molar refractivity (Wildman–Crippen MR) is 87.6 cm³/mol. The monoisotopic (exact) mass is 321 g/mol. The molecule has 2 rings (SSSR count). The van der Waals surface area contributed by atoms with Crippen molar-refractivity contribution in [2.45, 2.75) is 33.1 Å². The molecule has 2 heterocycles. The van der Waals surface area contributed by atoms with E-state index in [1.54, 1.807) is 0 Å². The van der Waals surface area contributed by atoms with Gasteiger partial charge in [-0.25, -0.2) is 0 Å². The first-order valence-electron chi connectivity index (χ1n) is 8.51. The number of carbonyl (C=O) groups excluding carboxylic acids is 3. The van der Waals surface area contributed by atoms with E-state index < -0.39 is 0 Å². The Morgan fingerprint density at radius 1 is 1.04 bits per heavy atom. The normalized spacial score (nSPS) is 19.3. The van der Waals surface area contributed by atoms with Gasteiger partial charge in [-0.3, -0.25) is 24.2 Å². The molecule has 128 valence electrons. The van der Waals surface area contributed by atoms with Crippen molar-refractivity contribution in [2.24, 2.45) is 5.92 Å². The molecule has 0 saturated carbocycles. The third-order valence-electron chi connectivity index (χ3n) is 4.43. The van der Waals surface area contributed by atoms with Gasteiger partial charge in [0.15, 0.2) is 0 Å². The second kappa shape index (κ2) is 8.24. The van der Waals surface area contributed by atoms with E-state index in [4.69, 9.17) is 0 Å². The van der Waals surface area contributed by atoms with Gasteiger partial charge < -0.3 is 4.90 Å². The summed E-state index contributed by atoms with van der Waals surface area (Å²) in [5.74, 6) is 0.123. The zero-order valence-electron chi connectivity index (χ0n) is 14.2. The van der Waals surface area contributed by atoms with E-state index in [1.807, 2.05) is 4.90 Å². The molecule has 0 unspecified atom stereocenters. The number of piperazine rings is 1. The van der Waals surface area contributed by atoms with Crippen LogP contribution in [0.2, 0.25) is 0 Å². The fraction of sp³-hybridized carbons (Fsp3) is 0.706. The first-order valence-corrected chi connectivity index (χ1v) is 8.51. The highest BCUT2D eigenvalue weighted by atomic mass is 16.2. The Morgan fingerprint density at radius 3 is 2.22 bits per heavy atom. The van der Waals surface area contributed by atoms with Crippen LogP contribution < -0.4 is 0 Å². The summed E-state index contributed by atoms with van der Waals surface area (Å²) in [7, 11) is 0. The highest BCUT2D eigenvalue weighted by Gasteiger charge is 2.26. The summed E-state index contributed by atoms with van der Waals surface area (Å²) in [6.07, 6.45) is 5.17. The van der Waals surface area contributed by atoms with Crippen LogP contribution in [0.15, 0.2) is 12.2 Å². The van der Waals surface area contributed by atoms with Crippen LogP contribution in [0.3, 0.4) is 0 Å².